The molecule has 0 saturated heterocycles. The van der Waals surface area contributed by atoms with Crippen LogP contribution in [0.3, 0.4) is 0 Å². The summed E-state index contributed by atoms with van der Waals surface area (Å²) in [4.78, 5) is 61.0. The number of carbonyl (C=O) groups excluding carboxylic acids is 4. The van der Waals surface area contributed by atoms with Crippen molar-refractivity contribution in [3.8, 4) is 5.88 Å². The molecule has 5 N–H and O–H groups in total. The van der Waals surface area contributed by atoms with E-state index >= 15 is 0 Å². The summed E-state index contributed by atoms with van der Waals surface area (Å²) in [6, 6.07) is 3.00. The van der Waals surface area contributed by atoms with Gasteiger partial charge in [0.15, 0.2) is 0 Å². The van der Waals surface area contributed by atoms with Gasteiger partial charge in [-0.2, -0.15) is 4.98 Å². The number of hydrogen-bond acceptors (Lipinski definition) is 7. The average molecular weight is 559 g/mol. The Morgan fingerprint density at radius 1 is 1.30 bits per heavy atom. The molecule has 40 heavy (non-hydrogen) atoms. The van der Waals surface area contributed by atoms with Crippen molar-refractivity contribution in [1.82, 2.24) is 25.9 Å². The van der Waals surface area contributed by atoms with Gasteiger partial charge in [-0.05, 0) is 29.9 Å². The molecule has 12 nitrogen and oxygen atoms in total. The molecule has 1 aromatic heterocycles. The number of hydrogen-bond donors (Lipinski definition) is 5. The second-order valence-corrected chi connectivity index (χ2v) is 10.0. The van der Waals surface area contributed by atoms with Crippen LogP contribution in [-0.4, -0.2) is 76.7 Å². The molecule has 0 spiro atoms. The van der Waals surface area contributed by atoms with Crippen molar-refractivity contribution in [1.29, 1.82) is 0 Å². The molecule has 0 fully saturated rings. The van der Waals surface area contributed by atoms with E-state index in [2.05, 4.69) is 25.9 Å². The molecule has 0 radical (unpaired) electrons. The number of aromatic hydroxyl groups is 1. The van der Waals surface area contributed by atoms with E-state index < -0.39 is 48.4 Å². The summed E-state index contributed by atoms with van der Waals surface area (Å²) in [6.07, 6.45) is 3.03. The van der Waals surface area contributed by atoms with Crippen molar-refractivity contribution in [2.45, 2.75) is 64.2 Å². The molecule has 13 heteroatoms. The lowest BCUT2D eigenvalue weighted by atomic mass is 9.97. The van der Waals surface area contributed by atoms with Crippen molar-refractivity contribution in [2.75, 3.05) is 24.8 Å². The number of aromatic amines is 1. The number of aryl methyl sites for hydroxylation is 1. The molecule has 4 rings (SSSR count). The van der Waals surface area contributed by atoms with Gasteiger partial charge in [-0.25, -0.2) is 4.39 Å². The lowest BCUT2D eigenvalue weighted by molar-refractivity contribution is -0.134. The van der Waals surface area contributed by atoms with Crippen LogP contribution in [0.25, 0.3) is 0 Å². The lowest BCUT2D eigenvalue weighted by Crippen LogP contribution is -2.58. The van der Waals surface area contributed by atoms with Crippen molar-refractivity contribution >= 4 is 29.3 Å². The number of ether oxygens (including phenoxy) is 1. The number of anilines is 1. The Balaban J connectivity index is 1.50. The summed E-state index contributed by atoms with van der Waals surface area (Å²) >= 11 is 0. The van der Waals surface area contributed by atoms with Crippen LogP contribution in [0, 0.1) is 5.92 Å². The van der Waals surface area contributed by atoms with E-state index in [-0.39, 0.29) is 31.6 Å². The first-order valence-corrected chi connectivity index (χ1v) is 13.4. The molecule has 0 saturated carbocycles. The van der Waals surface area contributed by atoms with E-state index in [0.29, 0.717) is 37.2 Å². The monoisotopic (exact) mass is 558 g/mol. The van der Waals surface area contributed by atoms with Gasteiger partial charge >= 0.3 is 0 Å². The third-order valence-electron chi connectivity index (χ3n) is 7.34. The van der Waals surface area contributed by atoms with Crippen LogP contribution >= 0.6 is 0 Å². The molecule has 3 heterocycles. The molecule has 0 bridgehead atoms. The first-order chi connectivity index (χ1) is 19.2. The van der Waals surface area contributed by atoms with E-state index in [1.807, 2.05) is 32.0 Å². The summed E-state index contributed by atoms with van der Waals surface area (Å²) < 4.78 is 17.3. The van der Waals surface area contributed by atoms with Crippen LogP contribution in [0.15, 0.2) is 24.4 Å². The van der Waals surface area contributed by atoms with Gasteiger partial charge in [-0.3, -0.25) is 24.1 Å². The molecule has 0 unspecified atom stereocenters. The molecule has 0 aliphatic carbocycles. The van der Waals surface area contributed by atoms with Crippen LogP contribution in [0.5, 0.6) is 5.88 Å². The highest BCUT2D eigenvalue weighted by Crippen LogP contribution is 2.39. The first kappa shape index (κ1) is 29.0. The predicted molar refractivity (Wildman–Crippen MR) is 142 cm³/mol. The van der Waals surface area contributed by atoms with Gasteiger partial charge in [-0.1, -0.05) is 38.5 Å². The fraction of sp³-hybridized carbons (Fsp3) is 0.519. The minimum Gasteiger partial charge on any atom is -0.492 e. The second kappa shape index (κ2) is 12.9. The molecular formula is C27H35FN6O6. The van der Waals surface area contributed by atoms with Gasteiger partial charge in [0.25, 0.3) is 0 Å². The number of nitrogens with zero attached hydrogens (tertiary/aromatic N) is 2. The zero-order chi connectivity index (χ0) is 28.8. The Bertz CT molecular complexity index is 1250. The van der Waals surface area contributed by atoms with Gasteiger partial charge in [0.2, 0.25) is 29.5 Å². The van der Waals surface area contributed by atoms with Gasteiger partial charge < -0.3 is 30.8 Å². The predicted octanol–water partition coefficient (Wildman–Crippen LogP) is 0.637. The van der Waals surface area contributed by atoms with E-state index in [0.717, 1.165) is 11.1 Å². The zero-order valence-corrected chi connectivity index (χ0v) is 22.5. The fourth-order valence-electron chi connectivity index (χ4n) is 5.10. The zero-order valence-electron chi connectivity index (χ0n) is 22.5. The number of alkyl halides is 1. The fourth-order valence-corrected chi connectivity index (χ4v) is 5.10. The number of para-hydroxylation sites is 1. The molecule has 1 aromatic carbocycles. The standard InChI is InChI=1S/C27H35FN6O6/c1-3-15(2)23(33-22(36)14-40-10-9-28)26(38)31-18-8-7-16-5-4-6-17-11-19(34(24(16)17)27(18)39)25(37)30-12-20-29-13-21(35)32-20/h4-6,13,15,18-19,23,35H,3,7-12,14H2,1-2H3,(H,29,32)(H,30,37)(H,31,38)(H,33,36)/t15-,18-,19-,23-/m0/s1. The maximum absolute atomic E-state index is 13.9. The highest BCUT2D eigenvalue weighted by Gasteiger charge is 2.44. The first-order valence-electron chi connectivity index (χ1n) is 13.4. The molecule has 4 amide bonds. The van der Waals surface area contributed by atoms with Crippen LogP contribution < -0.4 is 20.9 Å². The van der Waals surface area contributed by atoms with Crippen molar-refractivity contribution in [2.24, 2.45) is 5.92 Å². The third-order valence-corrected chi connectivity index (χ3v) is 7.34. The van der Waals surface area contributed by atoms with Crippen LogP contribution in [-0.2, 0) is 43.3 Å². The van der Waals surface area contributed by atoms with Crippen molar-refractivity contribution in [3.05, 3.63) is 41.3 Å². The summed E-state index contributed by atoms with van der Waals surface area (Å²) in [7, 11) is 0. The lowest BCUT2D eigenvalue weighted by Gasteiger charge is -2.29. The molecule has 216 valence electrons. The number of halogens is 1. The molecule has 4 atom stereocenters. The summed E-state index contributed by atoms with van der Waals surface area (Å²) in [6.45, 7) is 2.39. The molecule has 2 aromatic rings. The highest BCUT2D eigenvalue weighted by atomic mass is 19.1. The van der Waals surface area contributed by atoms with Gasteiger partial charge in [0.05, 0.1) is 25.0 Å². The Morgan fingerprint density at radius 2 is 2.08 bits per heavy atom. The number of rotatable bonds is 12. The molecule has 2 aliphatic rings. The molecule has 2 aliphatic heterocycles. The number of nitrogens with one attached hydrogen (secondary N) is 4. The summed E-state index contributed by atoms with van der Waals surface area (Å²) in [5, 5.41) is 17.7. The minimum absolute atomic E-state index is 0.0343. The normalized spacial score (nSPS) is 19.4. The number of benzene rings is 1. The SMILES string of the molecule is CC[C@H](C)[C@H](NC(=O)COCCF)C(=O)N[C@H]1CCc2cccc3c2N(C1=O)[C@H](C(=O)NCc1nc(O)c[nH]1)C3. The quantitative estimate of drug-likeness (QED) is 0.238. The Kier molecular flexibility index (Phi) is 9.35. The van der Waals surface area contributed by atoms with Crippen molar-refractivity contribution in [3.63, 3.8) is 0 Å². The smallest absolute Gasteiger partial charge is 0.250 e. The van der Waals surface area contributed by atoms with E-state index in [9.17, 15) is 28.7 Å². The number of carbonyl (C=O) groups is 4. The average Bonchev–Trinajstić information content (AvgIpc) is 3.51. The number of amides is 4. The van der Waals surface area contributed by atoms with E-state index in [1.54, 1.807) is 0 Å². The maximum Gasteiger partial charge on any atom is 0.250 e. The number of imidazole rings is 1. The summed E-state index contributed by atoms with van der Waals surface area (Å²) in [5.41, 5.74) is 2.47. The van der Waals surface area contributed by atoms with Crippen LogP contribution in [0.4, 0.5) is 10.1 Å². The third kappa shape index (κ3) is 6.41. The number of H-pyrrole nitrogens is 1. The topological polar surface area (TPSA) is 166 Å². The Morgan fingerprint density at radius 3 is 2.77 bits per heavy atom. The van der Waals surface area contributed by atoms with E-state index in [1.165, 1.54) is 11.1 Å². The van der Waals surface area contributed by atoms with Crippen LogP contribution in [0.1, 0.15) is 43.6 Å². The highest BCUT2D eigenvalue weighted by molar-refractivity contribution is 6.08. The molecular weight excluding hydrogens is 523 g/mol. The van der Waals surface area contributed by atoms with Crippen molar-refractivity contribution < 1.29 is 33.4 Å². The number of aromatic nitrogens is 2. The van der Waals surface area contributed by atoms with Gasteiger partial charge in [0.1, 0.15) is 37.2 Å². The van der Waals surface area contributed by atoms with Gasteiger partial charge in [-0.15, -0.1) is 0 Å². The minimum atomic E-state index is -0.928. The Hall–Kier alpha value is -4.00. The van der Waals surface area contributed by atoms with Crippen LogP contribution in [0.2, 0.25) is 0 Å². The summed E-state index contributed by atoms with van der Waals surface area (Å²) in [5.74, 6) is -1.95. The van der Waals surface area contributed by atoms with Gasteiger partial charge in [0, 0.05) is 6.42 Å². The Labute approximate surface area is 231 Å². The largest absolute Gasteiger partial charge is 0.492 e. The maximum atomic E-state index is 13.9. The van der Waals surface area contributed by atoms with E-state index in [4.69, 9.17) is 4.74 Å². The second-order valence-electron chi connectivity index (χ2n) is 10.0.